The number of para-hydroxylation sites is 1. The van der Waals surface area contributed by atoms with Crippen LogP contribution < -0.4 is 20.9 Å². The summed E-state index contributed by atoms with van der Waals surface area (Å²) in [4.78, 5) is 31.0. The number of carbonyl (C=O) groups is 2. The molecule has 1 saturated heterocycles. The molecule has 0 aliphatic carbocycles. The van der Waals surface area contributed by atoms with Gasteiger partial charge in [0.15, 0.2) is 0 Å². The Morgan fingerprint density at radius 2 is 1.77 bits per heavy atom. The third-order valence-electron chi connectivity index (χ3n) is 5.27. The molecule has 2 heterocycles. The molecular formula is C23H31N5O2. The number of aryl methyl sites for hydroxylation is 1. The van der Waals surface area contributed by atoms with Gasteiger partial charge in [0, 0.05) is 31.5 Å². The Kier molecular flexibility index (Phi) is 8.06. The van der Waals surface area contributed by atoms with Gasteiger partial charge in [-0.1, -0.05) is 44.0 Å². The lowest BCUT2D eigenvalue weighted by Crippen LogP contribution is -2.39. The first-order valence-corrected chi connectivity index (χ1v) is 10.7. The van der Waals surface area contributed by atoms with Gasteiger partial charge < -0.3 is 20.9 Å². The van der Waals surface area contributed by atoms with E-state index in [0.717, 1.165) is 42.1 Å². The van der Waals surface area contributed by atoms with Gasteiger partial charge in [0.2, 0.25) is 5.91 Å². The number of hydrogen-bond acceptors (Lipinski definition) is 4. The highest BCUT2D eigenvalue weighted by Gasteiger charge is 2.11. The topological polar surface area (TPSA) is 86.4 Å². The van der Waals surface area contributed by atoms with Crippen molar-refractivity contribution < 1.29 is 9.59 Å². The average molecular weight is 410 g/mol. The summed E-state index contributed by atoms with van der Waals surface area (Å²) < 4.78 is 0. The maximum atomic E-state index is 12.1. The van der Waals surface area contributed by atoms with Gasteiger partial charge in [-0.15, -0.1) is 0 Å². The van der Waals surface area contributed by atoms with Crippen molar-refractivity contribution in [2.24, 2.45) is 0 Å². The Labute approximate surface area is 178 Å². The molecule has 0 saturated carbocycles. The number of carbonyl (C=O) groups excluding carboxylic acids is 2. The van der Waals surface area contributed by atoms with Gasteiger partial charge in [-0.3, -0.25) is 4.79 Å². The van der Waals surface area contributed by atoms with Crippen molar-refractivity contribution in [1.29, 1.82) is 0 Å². The minimum Gasteiger partial charge on any atom is -0.357 e. The summed E-state index contributed by atoms with van der Waals surface area (Å²) in [6, 6.07) is 11.3. The normalized spacial score (nSPS) is 14.0. The van der Waals surface area contributed by atoms with Gasteiger partial charge in [-0.2, -0.15) is 0 Å². The van der Waals surface area contributed by atoms with E-state index < -0.39 is 0 Å². The molecule has 1 aromatic carbocycles. The summed E-state index contributed by atoms with van der Waals surface area (Å²) in [6.45, 7) is 4.41. The van der Waals surface area contributed by atoms with Crippen molar-refractivity contribution in [2.45, 2.75) is 45.6 Å². The molecule has 160 valence electrons. The molecule has 0 bridgehead atoms. The second-order valence-electron chi connectivity index (χ2n) is 7.52. The monoisotopic (exact) mass is 409 g/mol. The smallest absolute Gasteiger partial charge is 0.315 e. The first-order valence-electron chi connectivity index (χ1n) is 10.7. The van der Waals surface area contributed by atoms with Crippen molar-refractivity contribution in [3.63, 3.8) is 0 Å². The molecule has 3 rings (SSSR count). The Balaban J connectivity index is 1.40. The molecule has 1 aliphatic rings. The van der Waals surface area contributed by atoms with E-state index in [-0.39, 0.29) is 18.5 Å². The Bertz CT molecular complexity index is 830. The van der Waals surface area contributed by atoms with Crippen LogP contribution in [0.4, 0.5) is 16.3 Å². The molecule has 0 unspecified atom stereocenters. The predicted molar refractivity (Wildman–Crippen MR) is 120 cm³/mol. The van der Waals surface area contributed by atoms with E-state index in [9.17, 15) is 9.59 Å². The summed E-state index contributed by atoms with van der Waals surface area (Å²) in [6.07, 6.45) is 7.63. The van der Waals surface area contributed by atoms with Crippen LogP contribution in [-0.4, -0.2) is 36.6 Å². The quantitative estimate of drug-likeness (QED) is 0.654. The average Bonchev–Trinajstić information content (AvgIpc) is 3.06. The van der Waals surface area contributed by atoms with Gasteiger partial charge in [-0.05, 0) is 42.5 Å². The lowest BCUT2D eigenvalue weighted by molar-refractivity contribution is -0.115. The number of rotatable bonds is 7. The summed E-state index contributed by atoms with van der Waals surface area (Å²) in [7, 11) is 0. The van der Waals surface area contributed by atoms with Crippen molar-refractivity contribution in [1.82, 2.24) is 15.6 Å². The predicted octanol–water partition coefficient (Wildman–Crippen LogP) is 3.46. The summed E-state index contributed by atoms with van der Waals surface area (Å²) in [5, 5.41) is 8.19. The zero-order valence-electron chi connectivity index (χ0n) is 17.6. The number of anilines is 2. The van der Waals surface area contributed by atoms with Gasteiger partial charge in [-0.25, -0.2) is 9.78 Å². The largest absolute Gasteiger partial charge is 0.357 e. The van der Waals surface area contributed by atoms with Crippen LogP contribution in [0.15, 0.2) is 42.6 Å². The van der Waals surface area contributed by atoms with E-state index in [1.54, 1.807) is 6.20 Å². The van der Waals surface area contributed by atoms with E-state index in [1.807, 2.05) is 43.3 Å². The number of urea groups is 1. The van der Waals surface area contributed by atoms with Crippen LogP contribution in [0.3, 0.4) is 0 Å². The van der Waals surface area contributed by atoms with Crippen LogP contribution in [-0.2, 0) is 17.8 Å². The second-order valence-corrected chi connectivity index (χ2v) is 7.52. The third-order valence-corrected chi connectivity index (χ3v) is 5.27. The van der Waals surface area contributed by atoms with Crippen LogP contribution in [0.2, 0.25) is 0 Å². The van der Waals surface area contributed by atoms with E-state index in [2.05, 4.69) is 25.8 Å². The maximum absolute atomic E-state index is 12.1. The van der Waals surface area contributed by atoms with Crippen molar-refractivity contribution in [3.8, 4) is 0 Å². The van der Waals surface area contributed by atoms with Crippen LogP contribution in [0.1, 0.15) is 43.7 Å². The molecule has 2 aromatic rings. The lowest BCUT2D eigenvalue weighted by Gasteiger charge is -2.21. The van der Waals surface area contributed by atoms with Crippen LogP contribution in [0, 0.1) is 0 Å². The number of nitrogens with zero attached hydrogens (tertiary/aromatic N) is 2. The molecule has 3 amide bonds. The molecule has 30 heavy (non-hydrogen) atoms. The van der Waals surface area contributed by atoms with E-state index >= 15 is 0 Å². The zero-order valence-corrected chi connectivity index (χ0v) is 17.6. The molecule has 3 N–H and O–H groups in total. The molecule has 0 spiro atoms. The van der Waals surface area contributed by atoms with Gasteiger partial charge in [0.25, 0.3) is 0 Å². The zero-order chi connectivity index (χ0) is 21.2. The number of nitrogens with one attached hydrogen (secondary N) is 3. The minimum absolute atomic E-state index is 0.0873. The molecule has 1 aliphatic heterocycles. The molecule has 1 fully saturated rings. The number of pyridine rings is 1. The van der Waals surface area contributed by atoms with E-state index in [4.69, 9.17) is 0 Å². The lowest BCUT2D eigenvalue weighted by atomic mass is 10.1. The minimum atomic E-state index is -0.384. The fourth-order valence-corrected chi connectivity index (χ4v) is 3.56. The van der Waals surface area contributed by atoms with E-state index in [0.29, 0.717) is 6.54 Å². The molecule has 0 radical (unpaired) electrons. The van der Waals surface area contributed by atoms with Gasteiger partial charge >= 0.3 is 6.03 Å². The second kappa shape index (κ2) is 11.2. The highest BCUT2D eigenvalue weighted by Crippen LogP contribution is 2.17. The van der Waals surface area contributed by atoms with Gasteiger partial charge in [0.05, 0.1) is 6.54 Å². The van der Waals surface area contributed by atoms with Crippen LogP contribution >= 0.6 is 0 Å². The first-order chi connectivity index (χ1) is 14.7. The number of amides is 3. The summed E-state index contributed by atoms with van der Waals surface area (Å²) >= 11 is 0. The maximum Gasteiger partial charge on any atom is 0.315 e. The molecule has 7 heteroatoms. The molecule has 1 aromatic heterocycles. The molecular weight excluding hydrogens is 378 g/mol. The summed E-state index contributed by atoms with van der Waals surface area (Å²) in [5.74, 6) is 0.739. The molecule has 7 nitrogen and oxygen atoms in total. The van der Waals surface area contributed by atoms with Crippen LogP contribution in [0.25, 0.3) is 0 Å². The highest BCUT2D eigenvalue weighted by atomic mass is 16.2. The SMILES string of the molecule is CCc1ccccc1NC(=O)CNC(=O)NCc1ccc(N2CCCCCC2)nc1. The molecule has 0 atom stereocenters. The summed E-state index contributed by atoms with van der Waals surface area (Å²) in [5.41, 5.74) is 2.76. The van der Waals surface area contributed by atoms with E-state index in [1.165, 1.54) is 25.7 Å². The fourth-order valence-electron chi connectivity index (χ4n) is 3.56. The van der Waals surface area contributed by atoms with Crippen molar-refractivity contribution in [3.05, 3.63) is 53.7 Å². The Morgan fingerprint density at radius 3 is 2.47 bits per heavy atom. The van der Waals surface area contributed by atoms with Crippen LogP contribution in [0.5, 0.6) is 0 Å². The number of hydrogen-bond donors (Lipinski definition) is 3. The fraction of sp³-hybridized carbons (Fsp3) is 0.435. The third kappa shape index (κ3) is 6.47. The number of benzene rings is 1. The standard InChI is InChI=1S/C23H31N5O2/c1-2-19-9-5-6-10-20(19)27-22(29)17-26-23(30)25-16-18-11-12-21(24-15-18)28-13-7-3-4-8-14-28/h5-6,9-12,15H,2-4,7-8,13-14,16-17H2,1H3,(H,27,29)(H2,25,26,30). The first kappa shape index (κ1) is 21.6. The highest BCUT2D eigenvalue weighted by molar-refractivity contribution is 5.94. The van der Waals surface area contributed by atoms with Crippen molar-refractivity contribution in [2.75, 3.05) is 29.9 Å². The van der Waals surface area contributed by atoms with Gasteiger partial charge in [0.1, 0.15) is 5.82 Å². The number of aromatic nitrogens is 1. The Hall–Kier alpha value is -3.09. The Morgan fingerprint density at radius 1 is 1.00 bits per heavy atom. The van der Waals surface area contributed by atoms with Crippen molar-refractivity contribution >= 4 is 23.4 Å².